The van der Waals surface area contributed by atoms with Crippen LogP contribution in [0.3, 0.4) is 0 Å². The highest BCUT2D eigenvalue weighted by Crippen LogP contribution is 2.35. The summed E-state index contributed by atoms with van der Waals surface area (Å²) >= 11 is 0. The Balaban J connectivity index is 1.83. The standard InChI is InChI=1S/C15H19F4N5O4S/c1-22-8-10(6-20-22)29(27,28)23-4-2-3-9(7-23)13(25)24-15(26,14(18)19)5-11(21-24)12(16)17/h6,8-9,12,14,26H,2-5,7H2,1H3/t9-,15-/m0/s1. The summed E-state index contributed by atoms with van der Waals surface area (Å²) in [7, 11) is -2.46. The Bertz CT molecular complexity index is 922. The molecule has 1 aromatic heterocycles. The number of carbonyl (C=O) groups excluding carboxylic acids is 1. The van der Waals surface area contributed by atoms with Crippen molar-refractivity contribution in [3.63, 3.8) is 0 Å². The Morgan fingerprint density at radius 3 is 2.59 bits per heavy atom. The van der Waals surface area contributed by atoms with E-state index in [1.165, 1.54) is 17.9 Å². The van der Waals surface area contributed by atoms with Gasteiger partial charge in [-0.2, -0.15) is 19.5 Å². The smallest absolute Gasteiger partial charge is 0.287 e. The van der Waals surface area contributed by atoms with Crippen molar-refractivity contribution in [1.82, 2.24) is 19.1 Å². The molecular formula is C15H19F4N5O4S. The predicted octanol–water partition coefficient (Wildman–Crippen LogP) is 0.628. The first-order valence-corrected chi connectivity index (χ1v) is 10.1. The quantitative estimate of drug-likeness (QED) is 0.675. The van der Waals surface area contributed by atoms with Crippen LogP contribution in [0.5, 0.6) is 0 Å². The summed E-state index contributed by atoms with van der Waals surface area (Å²) in [6.45, 7) is -0.267. The number of hydrogen-bond donors (Lipinski definition) is 1. The average Bonchev–Trinajstić information content (AvgIpc) is 3.26. The second-order valence-corrected chi connectivity index (χ2v) is 8.89. The van der Waals surface area contributed by atoms with Crippen molar-refractivity contribution in [3.8, 4) is 0 Å². The number of hydrogen-bond acceptors (Lipinski definition) is 6. The van der Waals surface area contributed by atoms with Crippen molar-refractivity contribution < 1.29 is 35.9 Å². The maximum Gasteiger partial charge on any atom is 0.287 e. The number of rotatable bonds is 5. The monoisotopic (exact) mass is 441 g/mol. The molecule has 3 heterocycles. The summed E-state index contributed by atoms with van der Waals surface area (Å²) in [6.07, 6.45) is -5.16. The highest BCUT2D eigenvalue weighted by Gasteiger charge is 2.54. The average molecular weight is 441 g/mol. The molecule has 1 fully saturated rings. The van der Waals surface area contributed by atoms with Crippen LogP contribution < -0.4 is 0 Å². The molecule has 0 aliphatic carbocycles. The SMILES string of the molecule is Cn1cc(S(=O)(=O)N2CCC[C@H](C(=O)N3N=C(C(F)F)C[C@]3(O)C(F)F)C2)cn1. The molecule has 0 spiro atoms. The van der Waals surface area contributed by atoms with Gasteiger partial charge in [0, 0.05) is 32.8 Å². The Kier molecular flexibility index (Phi) is 5.71. The van der Waals surface area contributed by atoms with Crippen LogP contribution in [0, 0.1) is 5.92 Å². The zero-order valence-corrected chi connectivity index (χ0v) is 16.1. The van der Waals surface area contributed by atoms with Crippen LogP contribution in [0.2, 0.25) is 0 Å². The number of halogens is 4. The van der Waals surface area contributed by atoms with Crippen molar-refractivity contribution in [2.45, 2.75) is 42.7 Å². The first-order valence-electron chi connectivity index (χ1n) is 8.65. The minimum Gasteiger partial charge on any atom is -0.364 e. The van der Waals surface area contributed by atoms with Gasteiger partial charge < -0.3 is 5.11 Å². The van der Waals surface area contributed by atoms with Crippen LogP contribution in [0.15, 0.2) is 22.4 Å². The molecule has 0 unspecified atom stereocenters. The number of aryl methyl sites for hydroxylation is 1. The van der Waals surface area contributed by atoms with Gasteiger partial charge in [-0.25, -0.2) is 26.0 Å². The highest BCUT2D eigenvalue weighted by molar-refractivity contribution is 7.89. The third-order valence-corrected chi connectivity index (χ3v) is 6.72. The van der Waals surface area contributed by atoms with Gasteiger partial charge in [-0.05, 0) is 12.8 Å². The molecule has 1 amide bonds. The maximum absolute atomic E-state index is 13.4. The summed E-state index contributed by atoms with van der Waals surface area (Å²) in [5, 5.41) is 17.1. The molecule has 2 atom stereocenters. The summed E-state index contributed by atoms with van der Waals surface area (Å²) in [4.78, 5) is 12.6. The van der Waals surface area contributed by atoms with E-state index in [4.69, 9.17) is 0 Å². The number of amides is 1. The van der Waals surface area contributed by atoms with Crippen molar-refractivity contribution >= 4 is 21.6 Å². The molecule has 2 aliphatic rings. The first kappa shape index (κ1) is 21.6. The molecule has 1 N–H and O–H groups in total. The topological polar surface area (TPSA) is 108 Å². The summed E-state index contributed by atoms with van der Waals surface area (Å²) in [6, 6.07) is 0. The number of alkyl halides is 4. The number of hydrazone groups is 1. The van der Waals surface area contributed by atoms with Gasteiger partial charge in [0.2, 0.25) is 21.7 Å². The van der Waals surface area contributed by atoms with Gasteiger partial charge in [-0.15, -0.1) is 0 Å². The third-order valence-electron chi connectivity index (χ3n) is 4.90. The molecule has 0 aromatic carbocycles. The van der Waals surface area contributed by atoms with Crippen LogP contribution >= 0.6 is 0 Å². The van der Waals surface area contributed by atoms with Crippen LogP contribution in [0.4, 0.5) is 17.6 Å². The number of sulfonamides is 1. The Morgan fingerprint density at radius 1 is 1.34 bits per heavy atom. The second-order valence-electron chi connectivity index (χ2n) is 6.95. The zero-order valence-electron chi connectivity index (χ0n) is 15.3. The maximum atomic E-state index is 13.4. The molecule has 0 bridgehead atoms. The molecule has 9 nitrogen and oxygen atoms in total. The number of aromatic nitrogens is 2. The van der Waals surface area contributed by atoms with Crippen LogP contribution in [-0.2, 0) is 21.9 Å². The lowest BCUT2D eigenvalue weighted by Gasteiger charge is -2.36. The van der Waals surface area contributed by atoms with E-state index < -0.39 is 52.6 Å². The Hall–Kier alpha value is -2.06. The highest BCUT2D eigenvalue weighted by atomic mass is 32.2. The minimum absolute atomic E-state index is 0.00990. The van der Waals surface area contributed by atoms with Crippen molar-refractivity contribution in [2.24, 2.45) is 18.1 Å². The first-order chi connectivity index (χ1) is 13.5. The number of aliphatic hydroxyl groups is 1. The molecule has 2 aliphatic heterocycles. The fraction of sp³-hybridized carbons (Fsp3) is 0.667. The molecule has 162 valence electrons. The molecule has 14 heteroatoms. The molecule has 1 saturated heterocycles. The Labute approximate surface area is 163 Å². The van der Waals surface area contributed by atoms with E-state index in [1.54, 1.807) is 0 Å². The molecule has 1 aromatic rings. The van der Waals surface area contributed by atoms with E-state index in [1.807, 2.05) is 0 Å². The van der Waals surface area contributed by atoms with Gasteiger partial charge in [-0.3, -0.25) is 9.48 Å². The van der Waals surface area contributed by atoms with Crippen molar-refractivity contribution in [1.29, 1.82) is 0 Å². The number of carbonyl (C=O) groups is 1. The van der Waals surface area contributed by atoms with Gasteiger partial charge in [0.15, 0.2) is 0 Å². The van der Waals surface area contributed by atoms with Gasteiger partial charge in [-0.1, -0.05) is 0 Å². The van der Waals surface area contributed by atoms with E-state index in [2.05, 4.69) is 10.2 Å². The van der Waals surface area contributed by atoms with E-state index in [-0.39, 0.29) is 35.8 Å². The van der Waals surface area contributed by atoms with E-state index in [0.717, 1.165) is 10.5 Å². The molecule has 0 radical (unpaired) electrons. The van der Waals surface area contributed by atoms with Gasteiger partial charge in [0.1, 0.15) is 10.6 Å². The van der Waals surface area contributed by atoms with Crippen LogP contribution in [0.1, 0.15) is 19.3 Å². The normalized spacial score (nSPS) is 26.4. The lowest BCUT2D eigenvalue weighted by atomic mass is 9.97. The van der Waals surface area contributed by atoms with Crippen LogP contribution in [-0.4, -0.2) is 75.9 Å². The van der Waals surface area contributed by atoms with E-state index >= 15 is 0 Å². The zero-order chi connectivity index (χ0) is 21.6. The molecule has 29 heavy (non-hydrogen) atoms. The summed E-state index contributed by atoms with van der Waals surface area (Å²) < 4.78 is 80.3. The van der Waals surface area contributed by atoms with Crippen LogP contribution in [0.25, 0.3) is 0 Å². The number of piperidine rings is 1. The lowest BCUT2D eigenvalue weighted by molar-refractivity contribution is -0.195. The largest absolute Gasteiger partial charge is 0.364 e. The van der Waals surface area contributed by atoms with Gasteiger partial charge in [0.25, 0.3) is 12.9 Å². The minimum atomic E-state index is -3.99. The molecular weight excluding hydrogens is 422 g/mol. The van der Waals surface area contributed by atoms with Gasteiger partial charge >= 0.3 is 0 Å². The third kappa shape index (κ3) is 3.88. The lowest BCUT2D eigenvalue weighted by Crippen LogP contribution is -2.55. The van der Waals surface area contributed by atoms with Gasteiger partial charge in [0.05, 0.1) is 12.1 Å². The second kappa shape index (κ2) is 7.65. The summed E-state index contributed by atoms with van der Waals surface area (Å²) in [5.74, 6) is -2.25. The van der Waals surface area contributed by atoms with E-state index in [0.29, 0.717) is 0 Å². The fourth-order valence-electron chi connectivity index (χ4n) is 3.34. The number of nitrogens with zero attached hydrogens (tertiary/aromatic N) is 5. The summed E-state index contributed by atoms with van der Waals surface area (Å²) in [5.41, 5.74) is -4.22. The van der Waals surface area contributed by atoms with Crippen molar-refractivity contribution in [3.05, 3.63) is 12.4 Å². The van der Waals surface area contributed by atoms with E-state index in [9.17, 15) is 35.9 Å². The molecule has 0 saturated carbocycles. The molecule has 3 rings (SSSR count). The van der Waals surface area contributed by atoms with Crippen molar-refractivity contribution in [2.75, 3.05) is 13.1 Å². The predicted molar refractivity (Wildman–Crippen MR) is 90.5 cm³/mol. The Morgan fingerprint density at radius 2 is 2.03 bits per heavy atom. The fourth-order valence-corrected chi connectivity index (χ4v) is 4.85.